The molecule has 0 aliphatic carbocycles. The van der Waals surface area contributed by atoms with E-state index in [9.17, 15) is 5.11 Å². The highest BCUT2D eigenvalue weighted by Gasteiger charge is 2.05. The van der Waals surface area contributed by atoms with Crippen LogP contribution in [0.5, 0.6) is 5.75 Å². The Labute approximate surface area is 92.5 Å². The van der Waals surface area contributed by atoms with E-state index in [4.69, 9.17) is 17.4 Å². The van der Waals surface area contributed by atoms with Crippen LogP contribution >= 0.6 is 11.6 Å². The summed E-state index contributed by atoms with van der Waals surface area (Å²) in [7, 11) is 1.56. The number of phenolic OH excluding ortho intramolecular Hbond substituents is 1. The highest BCUT2D eigenvalue weighted by atomic mass is 35.5. The van der Waals surface area contributed by atoms with Gasteiger partial charge in [0.25, 0.3) is 0 Å². The fourth-order valence-corrected chi connectivity index (χ4v) is 1.16. The van der Waals surface area contributed by atoms with Crippen molar-refractivity contribution in [3.8, 4) is 5.75 Å². The summed E-state index contributed by atoms with van der Waals surface area (Å²) in [5.74, 6) is 5.69. The molecule has 0 fully saturated rings. The fourth-order valence-electron chi connectivity index (χ4n) is 0.976. The number of amidine groups is 1. The number of nitrogens with zero attached hydrogens (tertiary/aromatic N) is 3. The molecule has 1 aromatic rings. The maximum absolute atomic E-state index is 9.23. The molecule has 1 rings (SSSR count). The van der Waals surface area contributed by atoms with Crippen molar-refractivity contribution < 1.29 is 5.11 Å². The third-order valence-corrected chi connectivity index (χ3v) is 1.91. The predicted molar refractivity (Wildman–Crippen MR) is 61.2 cm³/mol. The SMILES string of the molecule is C=N/C(=N\N(C)N)c1ccc(O)c(Cl)c1. The third-order valence-electron chi connectivity index (χ3n) is 1.61. The smallest absolute Gasteiger partial charge is 0.180 e. The van der Waals surface area contributed by atoms with E-state index >= 15 is 0 Å². The highest BCUT2D eigenvalue weighted by molar-refractivity contribution is 6.32. The first kappa shape index (κ1) is 11.5. The van der Waals surface area contributed by atoms with Gasteiger partial charge in [0, 0.05) is 12.6 Å². The molecule has 80 valence electrons. The van der Waals surface area contributed by atoms with Crippen LogP contribution in [0.4, 0.5) is 0 Å². The summed E-state index contributed by atoms with van der Waals surface area (Å²) >= 11 is 5.74. The van der Waals surface area contributed by atoms with E-state index in [-0.39, 0.29) is 10.8 Å². The summed E-state index contributed by atoms with van der Waals surface area (Å²) in [6.45, 7) is 3.37. The van der Waals surface area contributed by atoms with Crippen LogP contribution in [0.25, 0.3) is 0 Å². The van der Waals surface area contributed by atoms with Crippen LogP contribution in [0.2, 0.25) is 5.02 Å². The lowest BCUT2D eigenvalue weighted by Gasteiger charge is -2.07. The Morgan fingerprint density at radius 3 is 2.73 bits per heavy atom. The number of hydrazine groups is 1. The Morgan fingerprint density at radius 1 is 1.60 bits per heavy atom. The molecule has 0 saturated heterocycles. The van der Waals surface area contributed by atoms with E-state index in [1.165, 1.54) is 12.1 Å². The zero-order chi connectivity index (χ0) is 11.4. The Kier molecular flexibility index (Phi) is 3.65. The van der Waals surface area contributed by atoms with Gasteiger partial charge in [-0.3, -0.25) is 0 Å². The lowest BCUT2D eigenvalue weighted by molar-refractivity contribution is 0.372. The van der Waals surface area contributed by atoms with Crippen molar-refractivity contribution in [2.45, 2.75) is 0 Å². The summed E-state index contributed by atoms with van der Waals surface area (Å²) in [6.07, 6.45) is 0. The minimum absolute atomic E-state index is 0.00457. The van der Waals surface area contributed by atoms with Crippen molar-refractivity contribution in [2.75, 3.05) is 7.05 Å². The van der Waals surface area contributed by atoms with Gasteiger partial charge in [-0.1, -0.05) is 11.6 Å². The number of hydrazone groups is 1. The molecule has 5 nitrogen and oxygen atoms in total. The molecule has 0 bridgehead atoms. The summed E-state index contributed by atoms with van der Waals surface area (Å²) in [5, 5.41) is 14.5. The molecular weight excluding hydrogens is 216 g/mol. The maximum Gasteiger partial charge on any atom is 0.180 e. The second-order valence-corrected chi connectivity index (χ2v) is 3.23. The van der Waals surface area contributed by atoms with Crippen molar-refractivity contribution >= 4 is 24.2 Å². The molecule has 6 heteroatoms. The number of rotatable bonds is 2. The summed E-state index contributed by atoms with van der Waals surface area (Å²) in [6, 6.07) is 4.61. The zero-order valence-electron chi connectivity index (χ0n) is 8.18. The molecule has 0 spiro atoms. The molecule has 1 aromatic carbocycles. The van der Waals surface area contributed by atoms with E-state index in [0.717, 1.165) is 5.12 Å². The Bertz CT molecular complexity index is 403. The number of aromatic hydroxyl groups is 1. The standard InChI is InChI=1S/C9H11ClN4O/c1-12-9(13-14(2)11)6-3-4-8(15)7(10)5-6/h3-5,15H,1,11H2,2H3/b13-9-. The first-order valence-electron chi connectivity index (χ1n) is 4.07. The fraction of sp³-hybridized carbons (Fsp3) is 0.111. The Morgan fingerprint density at radius 2 is 2.27 bits per heavy atom. The monoisotopic (exact) mass is 226 g/mol. The lowest BCUT2D eigenvalue weighted by atomic mass is 10.2. The Hall–Kier alpha value is -1.59. The van der Waals surface area contributed by atoms with Gasteiger partial charge in [0.15, 0.2) is 5.84 Å². The first-order valence-corrected chi connectivity index (χ1v) is 4.45. The summed E-state index contributed by atoms with van der Waals surface area (Å²) in [5.41, 5.74) is 0.630. The number of benzene rings is 1. The van der Waals surface area contributed by atoms with Crippen LogP contribution in [0.15, 0.2) is 28.3 Å². The summed E-state index contributed by atoms with van der Waals surface area (Å²) < 4.78 is 0. The van der Waals surface area contributed by atoms with Crippen molar-refractivity contribution in [1.29, 1.82) is 0 Å². The largest absolute Gasteiger partial charge is 0.506 e. The van der Waals surface area contributed by atoms with Crippen LogP contribution < -0.4 is 5.84 Å². The predicted octanol–water partition coefficient (Wildman–Crippen LogP) is 1.21. The number of nitrogens with two attached hydrogens (primary N) is 1. The van der Waals surface area contributed by atoms with Crippen molar-refractivity contribution in [3.63, 3.8) is 0 Å². The van der Waals surface area contributed by atoms with Gasteiger partial charge in [0.2, 0.25) is 0 Å². The van der Waals surface area contributed by atoms with Crippen LogP contribution in [0.3, 0.4) is 0 Å². The number of aliphatic imine (C=N–C) groups is 1. The van der Waals surface area contributed by atoms with E-state index in [2.05, 4.69) is 16.8 Å². The molecule has 0 heterocycles. The van der Waals surface area contributed by atoms with E-state index in [0.29, 0.717) is 11.4 Å². The number of hydrogen-bond donors (Lipinski definition) is 2. The van der Waals surface area contributed by atoms with E-state index < -0.39 is 0 Å². The van der Waals surface area contributed by atoms with Crippen LogP contribution in [-0.2, 0) is 0 Å². The van der Waals surface area contributed by atoms with Gasteiger partial charge in [-0.05, 0) is 24.9 Å². The maximum atomic E-state index is 9.23. The van der Waals surface area contributed by atoms with E-state index in [1.807, 2.05) is 0 Å². The number of hydrogen-bond acceptors (Lipinski definition) is 4. The lowest BCUT2D eigenvalue weighted by Crippen LogP contribution is -2.21. The second-order valence-electron chi connectivity index (χ2n) is 2.82. The first-order chi connectivity index (χ1) is 7.04. The minimum Gasteiger partial charge on any atom is -0.506 e. The summed E-state index contributed by atoms with van der Waals surface area (Å²) in [4.78, 5) is 3.71. The molecule has 0 aromatic heterocycles. The molecule has 0 unspecified atom stereocenters. The van der Waals surface area contributed by atoms with Crippen LogP contribution in [-0.4, -0.2) is 29.8 Å². The topological polar surface area (TPSA) is 74.2 Å². The Balaban J connectivity index is 3.14. The van der Waals surface area contributed by atoms with Gasteiger partial charge in [-0.25, -0.2) is 16.0 Å². The van der Waals surface area contributed by atoms with Crippen molar-refractivity contribution in [3.05, 3.63) is 28.8 Å². The average molecular weight is 227 g/mol. The number of halogens is 1. The molecule has 0 amide bonds. The zero-order valence-corrected chi connectivity index (χ0v) is 8.94. The van der Waals surface area contributed by atoms with E-state index in [1.54, 1.807) is 13.1 Å². The quantitative estimate of drug-likeness (QED) is 0.345. The normalized spacial score (nSPS) is 11.3. The van der Waals surface area contributed by atoms with Gasteiger partial charge < -0.3 is 5.11 Å². The molecule has 0 atom stereocenters. The number of phenols is 1. The molecule has 15 heavy (non-hydrogen) atoms. The molecule has 0 aliphatic rings. The molecule has 0 aliphatic heterocycles. The third kappa shape index (κ3) is 2.93. The van der Waals surface area contributed by atoms with Gasteiger partial charge >= 0.3 is 0 Å². The van der Waals surface area contributed by atoms with Gasteiger partial charge in [-0.15, -0.1) is 5.10 Å². The van der Waals surface area contributed by atoms with Crippen LogP contribution in [0, 0.1) is 0 Å². The minimum atomic E-state index is 0.00457. The second kappa shape index (κ2) is 4.77. The molecular formula is C9H11ClN4O. The average Bonchev–Trinajstić information content (AvgIpc) is 2.18. The molecule has 0 radical (unpaired) electrons. The molecule has 3 N–H and O–H groups in total. The van der Waals surface area contributed by atoms with Crippen LogP contribution in [0.1, 0.15) is 5.56 Å². The van der Waals surface area contributed by atoms with Crippen molar-refractivity contribution in [2.24, 2.45) is 15.9 Å². The van der Waals surface area contributed by atoms with Gasteiger partial charge in [0.05, 0.1) is 5.02 Å². The molecule has 0 saturated carbocycles. The van der Waals surface area contributed by atoms with Crippen molar-refractivity contribution in [1.82, 2.24) is 5.12 Å². The van der Waals surface area contributed by atoms with Gasteiger partial charge in [0.1, 0.15) is 5.75 Å². The van der Waals surface area contributed by atoms with Gasteiger partial charge in [-0.2, -0.15) is 0 Å². The highest BCUT2D eigenvalue weighted by Crippen LogP contribution is 2.24.